The van der Waals surface area contributed by atoms with Crippen molar-refractivity contribution in [3.05, 3.63) is 71.0 Å². The zero-order valence-electron chi connectivity index (χ0n) is 21.3. The molecule has 0 aromatic heterocycles. The molecule has 4 aliphatic rings. The van der Waals surface area contributed by atoms with Gasteiger partial charge in [0.15, 0.2) is 17.6 Å². The summed E-state index contributed by atoms with van der Waals surface area (Å²) < 4.78 is 17.7. The second-order valence-corrected chi connectivity index (χ2v) is 10.9. The molecule has 3 N–H and O–H groups in total. The molecule has 6 rings (SSSR count). The Hall–Kier alpha value is -3.40. The first kappa shape index (κ1) is 24.9. The van der Waals surface area contributed by atoms with E-state index in [1.165, 1.54) is 6.92 Å². The maximum atomic E-state index is 13.5. The fraction of sp³-hybridized carbons (Fsp3) is 0.448. The summed E-state index contributed by atoms with van der Waals surface area (Å²) in [6.07, 6.45) is -0.315. The lowest BCUT2D eigenvalue weighted by Crippen LogP contribution is -2.74. The van der Waals surface area contributed by atoms with Crippen LogP contribution in [0.5, 0.6) is 11.5 Å². The third-order valence-electron chi connectivity index (χ3n) is 8.60. The number of benzene rings is 2. The number of ether oxygens (including phenoxy) is 3. The molecule has 200 valence electrons. The Morgan fingerprint density at radius 3 is 2.71 bits per heavy atom. The molecule has 38 heavy (non-hydrogen) atoms. The minimum absolute atomic E-state index is 0.0212. The van der Waals surface area contributed by atoms with E-state index < -0.39 is 41.3 Å². The van der Waals surface area contributed by atoms with E-state index >= 15 is 0 Å². The Labute approximate surface area is 220 Å². The molecule has 9 nitrogen and oxygen atoms in total. The smallest absolute Gasteiger partial charge is 0.357 e. The Morgan fingerprint density at radius 2 is 1.97 bits per heavy atom. The van der Waals surface area contributed by atoms with Crippen LogP contribution in [-0.2, 0) is 30.9 Å². The molecule has 0 saturated carbocycles. The highest BCUT2D eigenvalue weighted by Crippen LogP contribution is 2.65. The molecule has 2 aliphatic heterocycles. The number of carbonyl (C=O) groups is 2. The van der Waals surface area contributed by atoms with Crippen LogP contribution in [0.4, 0.5) is 0 Å². The maximum Gasteiger partial charge on any atom is 0.357 e. The first-order valence-corrected chi connectivity index (χ1v) is 12.9. The number of aliphatic hydroxyl groups excluding tert-OH is 1. The van der Waals surface area contributed by atoms with Crippen molar-refractivity contribution >= 4 is 11.9 Å². The lowest BCUT2D eigenvalue weighted by atomic mass is 9.50. The Kier molecular flexibility index (Phi) is 5.79. The summed E-state index contributed by atoms with van der Waals surface area (Å²) in [4.78, 5) is 28.1. The van der Waals surface area contributed by atoms with E-state index in [2.05, 4.69) is 4.90 Å². The number of aromatic hydroxyl groups is 1. The van der Waals surface area contributed by atoms with Crippen molar-refractivity contribution in [2.24, 2.45) is 0 Å². The van der Waals surface area contributed by atoms with Gasteiger partial charge >= 0.3 is 11.9 Å². The van der Waals surface area contributed by atoms with Gasteiger partial charge in [-0.05, 0) is 51.1 Å². The van der Waals surface area contributed by atoms with Crippen molar-refractivity contribution in [1.29, 1.82) is 0 Å². The second-order valence-electron chi connectivity index (χ2n) is 10.9. The molecule has 0 radical (unpaired) electrons. The largest absolute Gasteiger partial charge is 0.504 e. The van der Waals surface area contributed by atoms with E-state index in [0.29, 0.717) is 30.7 Å². The van der Waals surface area contributed by atoms with Gasteiger partial charge in [0, 0.05) is 23.6 Å². The Balaban J connectivity index is 1.37. The molecule has 1 spiro atoms. The number of phenolic OH excluding ortho intramolecular Hbond substituents is 1. The van der Waals surface area contributed by atoms with Crippen molar-refractivity contribution < 1.29 is 39.1 Å². The number of rotatable bonds is 6. The van der Waals surface area contributed by atoms with Gasteiger partial charge in [-0.1, -0.05) is 36.4 Å². The van der Waals surface area contributed by atoms with E-state index in [0.717, 1.165) is 11.1 Å². The number of likely N-dealkylation sites (tertiary alicyclic amines) is 1. The number of likely N-dealkylation sites (N-methyl/N-ethyl adjacent to an activating group) is 1. The second kappa shape index (κ2) is 8.83. The molecule has 6 atom stereocenters. The molecule has 2 unspecified atom stereocenters. The standard InChI is InChI=1S/C29H31NO8/c1-16(31)14-22(33)37-24(17-6-4-3-5-7-17)27(34)36-20-10-11-29(35)21-15-18-8-9-19(32)25-23(18)28(29,26(20)38-25)12-13-30(21)2/h3-10,16,21,24,26,31-32,35H,11-15H2,1-2H3/t16-,21-,24+,26?,28?,29-/m1/s1. The quantitative estimate of drug-likeness (QED) is 0.491. The van der Waals surface area contributed by atoms with Crippen LogP contribution >= 0.6 is 0 Å². The first-order chi connectivity index (χ1) is 18.2. The minimum atomic E-state index is -1.36. The van der Waals surface area contributed by atoms with Crippen molar-refractivity contribution in [3.63, 3.8) is 0 Å². The van der Waals surface area contributed by atoms with Crippen molar-refractivity contribution in [3.8, 4) is 11.5 Å². The summed E-state index contributed by atoms with van der Waals surface area (Å²) >= 11 is 0. The van der Waals surface area contributed by atoms with Crippen LogP contribution in [0.15, 0.2) is 54.3 Å². The number of piperidine rings is 1. The van der Waals surface area contributed by atoms with Crippen molar-refractivity contribution in [2.45, 2.75) is 68.0 Å². The normalized spacial score (nSPS) is 30.4. The number of aliphatic hydroxyl groups is 2. The summed E-state index contributed by atoms with van der Waals surface area (Å²) in [5.41, 5.74) is 0.133. The molecule has 9 heteroatoms. The van der Waals surface area contributed by atoms with E-state index in [1.54, 1.807) is 42.5 Å². The molecule has 1 saturated heterocycles. The third kappa shape index (κ3) is 3.49. The molecule has 2 aromatic carbocycles. The fourth-order valence-corrected chi connectivity index (χ4v) is 6.91. The molecule has 0 amide bonds. The highest BCUT2D eigenvalue weighted by molar-refractivity contribution is 5.82. The summed E-state index contributed by atoms with van der Waals surface area (Å²) in [7, 11) is 2.00. The number of esters is 2. The molecule has 2 aliphatic carbocycles. The highest BCUT2D eigenvalue weighted by atomic mass is 16.6. The summed E-state index contributed by atoms with van der Waals surface area (Å²) in [6.45, 7) is 2.16. The summed E-state index contributed by atoms with van der Waals surface area (Å²) in [5.74, 6) is -1.03. The third-order valence-corrected chi connectivity index (χ3v) is 8.60. The number of phenols is 1. The zero-order valence-corrected chi connectivity index (χ0v) is 21.3. The lowest BCUT2D eigenvalue weighted by Gasteiger charge is -2.61. The van der Waals surface area contributed by atoms with Gasteiger partial charge in [-0.15, -0.1) is 0 Å². The summed E-state index contributed by atoms with van der Waals surface area (Å²) in [6, 6.07) is 11.8. The monoisotopic (exact) mass is 521 g/mol. The van der Waals surface area contributed by atoms with Gasteiger partial charge < -0.3 is 34.4 Å². The van der Waals surface area contributed by atoms with Crippen LogP contribution in [-0.4, -0.2) is 69.6 Å². The molecular formula is C29H31NO8. The fourth-order valence-electron chi connectivity index (χ4n) is 6.91. The van der Waals surface area contributed by atoms with E-state index in [9.17, 15) is 24.9 Å². The predicted molar refractivity (Wildman–Crippen MR) is 134 cm³/mol. The Morgan fingerprint density at radius 1 is 1.21 bits per heavy atom. The van der Waals surface area contributed by atoms with Gasteiger partial charge in [0.2, 0.25) is 6.10 Å². The van der Waals surface area contributed by atoms with Crippen LogP contribution in [0.2, 0.25) is 0 Å². The van der Waals surface area contributed by atoms with Crippen LogP contribution in [0.25, 0.3) is 0 Å². The average molecular weight is 522 g/mol. The minimum Gasteiger partial charge on any atom is -0.504 e. The first-order valence-electron chi connectivity index (χ1n) is 12.9. The number of nitrogens with zero attached hydrogens (tertiary/aromatic N) is 1. The van der Waals surface area contributed by atoms with Crippen LogP contribution in [0, 0.1) is 0 Å². The van der Waals surface area contributed by atoms with Crippen LogP contribution in [0.3, 0.4) is 0 Å². The van der Waals surface area contributed by atoms with Gasteiger partial charge in [0.05, 0.1) is 23.5 Å². The van der Waals surface area contributed by atoms with E-state index in [1.807, 2.05) is 13.1 Å². The van der Waals surface area contributed by atoms with Gasteiger partial charge in [-0.3, -0.25) is 4.79 Å². The number of carbonyl (C=O) groups excluding carboxylic acids is 2. The average Bonchev–Trinajstić information content (AvgIpc) is 3.24. The van der Waals surface area contributed by atoms with Crippen molar-refractivity contribution in [2.75, 3.05) is 13.6 Å². The van der Waals surface area contributed by atoms with E-state index in [-0.39, 0.29) is 30.4 Å². The molecule has 2 heterocycles. The molecule has 2 bridgehead atoms. The highest BCUT2D eigenvalue weighted by Gasteiger charge is 2.72. The van der Waals surface area contributed by atoms with Gasteiger partial charge in [0.25, 0.3) is 0 Å². The van der Waals surface area contributed by atoms with E-state index in [4.69, 9.17) is 14.2 Å². The molecular weight excluding hydrogens is 490 g/mol. The van der Waals surface area contributed by atoms with Crippen LogP contribution < -0.4 is 4.74 Å². The Bertz CT molecular complexity index is 1320. The van der Waals surface area contributed by atoms with Gasteiger partial charge in [-0.2, -0.15) is 0 Å². The lowest BCUT2D eigenvalue weighted by molar-refractivity contribution is -0.177. The van der Waals surface area contributed by atoms with Crippen LogP contribution in [0.1, 0.15) is 49.0 Å². The maximum absolute atomic E-state index is 13.5. The predicted octanol–water partition coefficient (Wildman–Crippen LogP) is 2.27. The topological polar surface area (TPSA) is 126 Å². The van der Waals surface area contributed by atoms with Crippen molar-refractivity contribution in [1.82, 2.24) is 4.90 Å². The SMILES string of the molecule is C[C@@H](O)CC(=O)O[C@H](C(=O)OC1=CC[C@@]2(O)[C@H]3Cc4ccc(O)c5c4C2(CCN3C)C1O5)c1ccccc1. The summed E-state index contributed by atoms with van der Waals surface area (Å²) in [5, 5.41) is 32.5. The number of hydrogen-bond donors (Lipinski definition) is 3. The van der Waals surface area contributed by atoms with Gasteiger partial charge in [-0.25, -0.2) is 4.79 Å². The zero-order chi connectivity index (χ0) is 26.8. The molecule has 1 fully saturated rings. The van der Waals surface area contributed by atoms with Gasteiger partial charge in [0.1, 0.15) is 5.76 Å². The molecule has 2 aromatic rings. The number of hydrogen-bond acceptors (Lipinski definition) is 9.